The molecule has 0 fully saturated rings. The second kappa shape index (κ2) is 9.24. The zero-order valence-electron chi connectivity index (χ0n) is 19.4. The van der Waals surface area contributed by atoms with Crippen molar-refractivity contribution in [2.75, 3.05) is 17.8 Å². The number of hydrogen-bond donors (Lipinski definition) is 0. The Morgan fingerprint density at radius 1 is 1.09 bits per heavy atom. The molecule has 0 N–H and O–H groups in total. The second-order valence-corrected chi connectivity index (χ2v) is 10.6. The summed E-state index contributed by atoms with van der Waals surface area (Å²) in [7, 11) is -3.27. The standard InChI is InChI=1S/C22H24F3NO7S/c1-7-34(30,31)16-10-13(22(23,24)25)8-9-14(16)19(28)26(12(2)27)15-11-17(21(3,4)5)33-18(15)20(29)32-6/h8-11H,7H2,1-6H3. The Morgan fingerprint density at radius 2 is 1.68 bits per heavy atom. The summed E-state index contributed by atoms with van der Waals surface area (Å²) in [4.78, 5) is 37.8. The predicted molar refractivity (Wildman–Crippen MR) is 115 cm³/mol. The molecule has 2 aromatic rings. The van der Waals surface area contributed by atoms with Gasteiger partial charge in [-0.2, -0.15) is 13.2 Å². The molecule has 0 aliphatic heterocycles. The van der Waals surface area contributed by atoms with Gasteiger partial charge >= 0.3 is 12.1 Å². The normalized spacial score (nSPS) is 12.4. The van der Waals surface area contributed by atoms with E-state index >= 15 is 0 Å². The molecule has 0 unspecified atom stereocenters. The molecule has 2 amide bonds. The van der Waals surface area contributed by atoms with E-state index in [4.69, 9.17) is 4.42 Å². The van der Waals surface area contributed by atoms with Crippen LogP contribution in [0.1, 0.15) is 66.9 Å². The minimum absolute atomic E-state index is 0.204. The van der Waals surface area contributed by atoms with E-state index in [0.29, 0.717) is 23.1 Å². The summed E-state index contributed by atoms with van der Waals surface area (Å²) in [6.07, 6.45) is -4.87. The number of carbonyl (C=O) groups excluding carboxylic acids is 3. The summed E-state index contributed by atoms with van der Waals surface area (Å²) in [5, 5.41) is 0. The summed E-state index contributed by atoms with van der Waals surface area (Å²) < 4.78 is 75.1. The van der Waals surface area contributed by atoms with Crippen molar-refractivity contribution in [1.29, 1.82) is 0 Å². The van der Waals surface area contributed by atoms with E-state index in [2.05, 4.69) is 4.74 Å². The fourth-order valence-corrected chi connectivity index (χ4v) is 4.09. The third-order valence-electron chi connectivity index (χ3n) is 4.84. The highest BCUT2D eigenvalue weighted by Gasteiger charge is 2.37. The van der Waals surface area contributed by atoms with Crippen LogP contribution in [0.2, 0.25) is 0 Å². The number of imide groups is 1. The molecular weight excluding hydrogens is 479 g/mol. The van der Waals surface area contributed by atoms with Gasteiger partial charge in [0.15, 0.2) is 9.84 Å². The number of esters is 1. The van der Waals surface area contributed by atoms with Gasteiger partial charge in [-0.25, -0.2) is 18.1 Å². The quantitative estimate of drug-likeness (QED) is 0.557. The lowest BCUT2D eigenvalue weighted by Crippen LogP contribution is -2.37. The molecule has 0 atom stereocenters. The molecule has 0 aliphatic carbocycles. The lowest BCUT2D eigenvalue weighted by atomic mass is 9.93. The number of methoxy groups -OCH3 is 1. The zero-order valence-corrected chi connectivity index (χ0v) is 20.2. The van der Waals surface area contributed by atoms with Gasteiger partial charge in [-0.1, -0.05) is 27.7 Å². The lowest BCUT2D eigenvalue weighted by Gasteiger charge is -2.21. The summed E-state index contributed by atoms with van der Waals surface area (Å²) in [5.41, 5.74) is -2.94. The molecule has 1 aromatic heterocycles. The topological polar surface area (TPSA) is 111 Å². The van der Waals surface area contributed by atoms with Gasteiger partial charge in [-0.05, 0) is 18.2 Å². The van der Waals surface area contributed by atoms with E-state index in [1.807, 2.05) is 0 Å². The Morgan fingerprint density at radius 3 is 2.12 bits per heavy atom. The smallest absolute Gasteiger partial charge is 0.416 e. The summed E-state index contributed by atoms with van der Waals surface area (Å²) in [6.45, 7) is 7.38. The minimum atomic E-state index is -4.87. The Labute approximate surface area is 194 Å². The first-order valence-electron chi connectivity index (χ1n) is 9.97. The monoisotopic (exact) mass is 503 g/mol. The van der Waals surface area contributed by atoms with Crippen molar-refractivity contribution >= 4 is 33.3 Å². The Bertz CT molecular complexity index is 1240. The fraction of sp³-hybridized carbons (Fsp3) is 0.409. The largest absolute Gasteiger partial charge is 0.463 e. The van der Waals surface area contributed by atoms with E-state index < -0.39 is 66.7 Å². The van der Waals surface area contributed by atoms with Crippen molar-refractivity contribution in [3.8, 4) is 0 Å². The van der Waals surface area contributed by atoms with Crippen LogP contribution >= 0.6 is 0 Å². The van der Waals surface area contributed by atoms with Gasteiger partial charge in [0.25, 0.3) is 5.91 Å². The average Bonchev–Trinajstić information content (AvgIpc) is 3.17. The molecule has 0 saturated carbocycles. The summed E-state index contributed by atoms with van der Waals surface area (Å²) >= 11 is 0. The van der Waals surface area contributed by atoms with Crippen LogP contribution in [-0.2, 0) is 31.0 Å². The molecule has 0 spiro atoms. The van der Waals surface area contributed by atoms with E-state index in [9.17, 15) is 36.0 Å². The molecular formula is C22H24F3NO7S. The number of sulfone groups is 1. The van der Waals surface area contributed by atoms with Crippen LogP contribution < -0.4 is 4.90 Å². The molecule has 0 saturated heterocycles. The van der Waals surface area contributed by atoms with E-state index in [-0.39, 0.29) is 11.4 Å². The number of rotatable bonds is 5. The van der Waals surface area contributed by atoms with Crippen LogP contribution in [-0.4, -0.2) is 39.1 Å². The Hall–Kier alpha value is -3.15. The van der Waals surface area contributed by atoms with Gasteiger partial charge in [0.2, 0.25) is 11.7 Å². The predicted octanol–water partition coefficient (Wildman–Crippen LogP) is 4.37. The number of furan rings is 1. The molecule has 34 heavy (non-hydrogen) atoms. The number of alkyl halides is 3. The number of ether oxygens (including phenoxy) is 1. The molecule has 0 radical (unpaired) electrons. The average molecular weight is 503 g/mol. The van der Waals surface area contributed by atoms with Gasteiger partial charge in [0.1, 0.15) is 11.4 Å². The first-order chi connectivity index (χ1) is 15.5. The lowest BCUT2D eigenvalue weighted by molar-refractivity contribution is -0.137. The van der Waals surface area contributed by atoms with E-state index in [1.165, 1.54) is 13.0 Å². The van der Waals surface area contributed by atoms with Gasteiger partial charge in [0.05, 0.1) is 28.9 Å². The SMILES string of the molecule is CCS(=O)(=O)c1cc(C(F)(F)F)ccc1C(=O)N(C(C)=O)c1cc(C(C)(C)C)oc1C(=O)OC. The highest BCUT2D eigenvalue weighted by Crippen LogP contribution is 2.36. The first-order valence-corrected chi connectivity index (χ1v) is 11.6. The van der Waals surface area contributed by atoms with Crippen molar-refractivity contribution < 1.29 is 45.1 Å². The molecule has 1 heterocycles. The van der Waals surface area contributed by atoms with Crippen LogP contribution in [0.3, 0.4) is 0 Å². The number of carbonyl (C=O) groups is 3. The third kappa shape index (κ3) is 5.32. The zero-order chi connectivity index (χ0) is 26.2. The van der Waals surface area contributed by atoms with Crippen LogP contribution in [0, 0.1) is 0 Å². The maximum absolute atomic E-state index is 13.4. The molecule has 12 heteroatoms. The molecule has 0 aliphatic rings. The number of nitrogens with zero attached hydrogens (tertiary/aromatic N) is 1. The third-order valence-corrected chi connectivity index (χ3v) is 6.60. The van der Waals surface area contributed by atoms with Gasteiger partial charge in [-0.3, -0.25) is 9.59 Å². The van der Waals surface area contributed by atoms with Crippen LogP contribution in [0.4, 0.5) is 18.9 Å². The van der Waals surface area contributed by atoms with Crippen molar-refractivity contribution in [2.45, 2.75) is 51.1 Å². The summed E-state index contributed by atoms with van der Waals surface area (Å²) in [5.74, 6) is -4.09. The van der Waals surface area contributed by atoms with Crippen LogP contribution in [0.25, 0.3) is 0 Å². The second-order valence-electron chi connectivity index (χ2n) is 8.34. The van der Waals surface area contributed by atoms with E-state index in [0.717, 1.165) is 14.0 Å². The Kier molecular flexibility index (Phi) is 7.37. The van der Waals surface area contributed by atoms with Crippen LogP contribution in [0.5, 0.6) is 0 Å². The molecule has 2 rings (SSSR count). The number of amides is 2. The van der Waals surface area contributed by atoms with Crippen molar-refractivity contribution in [3.05, 3.63) is 46.9 Å². The highest BCUT2D eigenvalue weighted by molar-refractivity contribution is 7.91. The van der Waals surface area contributed by atoms with Crippen molar-refractivity contribution in [2.24, 2.45) is 0 Å². The highest BCUT2D eigenvalue weighted by atomic mass is 32.2. The van der Waals surface area contributed by atoms with Gasteiger partial charge in [-0.15, -0.1) is 0 Å². The maximum Gasteiger partial charge on any atom is 0.416 e. The Balaban J connectivity index is 2.82. The summed E-state index contributed by atoms with van der Waals surface area (Å²) in [6, 6.07) is 2.83. The number of benzene rings is 1. The number of anilines is 1. The fourth-order valence-electron chi connectivity index (χ4n) is 2.99. The van der Waals surface area contributed by atoms with Crippen molar-refractivity contribution in [1.82, 2.24) is 0 Å². The minimum Gasteiger partial charge on any atom is -0.463 e. The van der Waals surface area contributed by atoms with E-state index in [1.54, 1.807) is 20.8 Å². The van der Waals surface area contributed by atoms with Crippen molar-refractivity contribution in [3.63, 3.8) is 0 Å². The number of hydrogen-bond acceptors (Lipinski definition) is 7. The maximum atomic E-state index is 13.4. The first kappa shape index (κ1) is 27.1. The van der Waals surface area contributed by atoms with Crippen LogP contribution in [0.15, 0.2) is 33.6 Å². The van der Waals surface area contributed by atoms with Gasteiger partial charge < -0.3 is 9.15 Å². The molecule has 8 nitrogen and oxygen atoms in total. The molecule has 0 bridgehead atoms. The van der Waals surface area contributed by atoms with Gasteiger partial charge in [0, 0.05) is 18.4 Å². The number of halogens is 3. The molecule has 186 valence electrons. The molecule has 1 aromatic carbocycles.